The summed E-state index contributed by atoms with van der Waals surface area (Å²) in [5.74, 6) is -0.740. The lowest BCUT2D eigenvalue weighted by Crippen LogP contribution is -2.11. The largest absolute Gasteiger partial charge is 0.478 e. The number of carboxylic acids is 1. The Morgan fingerprint density at radius 1 is 1.65 bits per heavy atom. The van der Waals surface area contributed by atoms with Crippen LogP contribution in [0.1, 0.15) is 41.4 Å². The number of carboxylic acid groups (broad SMARTS) is 1. The number of unbranched alkanes of at least 4 members (excludes halogenated alkanes) is 1. The molecule has 5 heteroatoms. The number of nitrogens with zero attached hydrogens (tertiary/aromatic N) is 2. The van der Waals surface area contributed by atoms with E-state index in [4.69, 9.17) is 10.4 Å². The van der Waals surface area contributed by atoms with Crippen molar-refractivity contribution in [3.8, 4) is 6.07 Å². The molecule has 0 aliphatic carbocycles. The number of aryl methyl sites for hydroxylation is 1. The second kappa shape index (κ2) is 5.85. The molecule has 17 heavy (non-hydrogen) atoms. The molecule has 0 saturated carbocycles. The molecule has 90 valence electrons. The summed E-state index contributed by atoms with van der Waals surface area (Å²) in [5.41, 5.74) is 0.878. The van der Waals surface area contributed by atoms with Gasteiger partial charge in [0.15, 0.2) is 0 Å². The molecule has 1 rings (SSSR count). The highest BCUT2D eigenvalue weighted by atomic mass is 16.4. The van der Waals surface area contributed by atoms with E-state index in [1.54, 1.807) is 6.92 Å². The lowest BCUT2D eigenvalue weighted by Gasteiger charge is -2.09. The van der Waals surface area contributed by atoms with Gasteiger partial charge in [-0.15, -0.1) is 0 Å². The van der Waals surface area contributed by atoms with Crippen molar-refractivity contribution in [3.63, 3.8) is 0 Å². The van der Waals surface area contributed by atoms with Crippen LogP contribution in [0.25, 0.3) is 0 Å². The van der Waals surface area contributed by atoms with E-state index < -0.39 is 5.97 Å². The Morgan fingerprint density at radius 2 is 2.35 bits per heavy atom. The molecule has 0 bridgehead atoms. The first-order valence-electron chi connectivity index (χ1n) is 5.49. The highest BCUT2D eigenvalue weighted by molar-refractivity contribution is 5.93. The summed E-state index contributed by atoms with van der Waals surface area (Å²) in [6.07, 6.45) is 1.96. The smallest absolute Gasteiger partial charge is 0.339 e. The van der Waals surface area contributed by atoms with E-state index in [-0.39, 0.29) is 5.56 Å². The van der Waals surface area contributed by atoms with E-state index in [0.29, 0.717) is 23.6 Å². The molecule has 0 saturated heterocycles. The molecule has 5 nitrogen and oxygen atoms in total. The predicted octanol–water partition coefficient (Wildman–Crippen LogP) is 2.17. The third kappa shape index (κ3) is 3.18. The molecule has 0 aliphatic heterocycles. The lowest BCUT2D eigenvalue weighted by atomic mass is 10.1. The van der Waals surface area contributed by atoms with E-state index in [0.717, 1.165) is 12.8 Å². The minimum atomic E-state index is -1.08. The van der Waals surface area contributed by atoms with Gasteiger partial charge in [0.2, 0.25) is 0 Å². The van der Waals surface area contributed by atoms with Gasteiger partial charge in [0.05, 0.1) is 11.3 Å². The lowest BCUT2D eigenvalue weighted by molar-refractivity contribution is 0.0697. The number of aromatic nitrogens is 1. The summed E-state index contributed by atoms with van der Waals surface area (Å²) < 4.78 is 0. The Morgan fingerprint density at radius 3 is 2.88 bits per heavy atom. The molecule has 0 aromatic carbocycles. The number of hydrogen-bond acceptors (Lipinski definition) is 4. The highest BCUT2D eigenvalue weighted by Crippen LogP contribution is 2.17. The Labute approximate surface area is 100 Å². The number of carbonyl (C=O) groups is 1. The van der Waals surface area contributed by atoms with Crippen molar-refractivity contribution in [3.05, 3.63) is 22.9 Å². The van der Waals surface area contributed by atoms with Crippen molar-refractivity contribution < 1.29 is 9.90 Å². The molecular formula is C12H15N3O2. The van der Waals surface area contributed by atoms with E-state index in [9.17, 15) is 4.79 Å². The number of nitriles is 1. The number of aromatic carboxylic acids is 1. The SMILES string of the molecule is CCCCNc1nc(C)c(C#N)cc1C(=O)O. The van der Waals surface area contributed by atoms with Gasteiger partial charge < -0.3 is 10.4 Å². The predicted molar refractivity (Wildman–Crippen MR) is 64.0 cm³/mol. The Balaban J connectivity index is 3.06. The molecule has 0 atom stereocenters. The van der Waals surface area contributed by atoms with E-state index >= 15 is 0 Å². The van der Waals surface area contributed by atoms with Crippen LogP contribution in [0, 0.1) is 18.3 Å². The number of hydrogen-bond donors (Lipinski definition) is 2. The second-order valence-corrected chi connectivity index (χ2v) is 3.71. The Bertz CT molecular complexity index is 464. The summed E-state index contributed by atoms with van der Waals surface area (Å²) in [5, 5.41) is 20.9. The van der Waals surface area contributed by atoms with Gasteiger partial charge in [0, 0.05) is 6.54 Å². The molecule has 1 aromatic rings. The zero-order valence-electron chi connectivity index (χ0n) is 9.95. The van der Waals surface area contributed by atoms with Gasteiger partial charge in [-0.2, -0.15) is 5.26 Å². The number of nitrogens with one attached hydrogen (secondary N) is 1. The van der Waals surface area contributed by atoms with E-state index in [1.165, 1.54) is 6.07 Å². The van der Waals surface area contributed by atoms with Crippen LogP contribution in [-0.2, 0) is 0 Å². The highest BCUT2D eigenvalue weighted by Gasteiger charge is 2.14. The quantitative estimate of drug-likeness (QED) is 0.761. The standard InChI is InChI=1S/C12H15N3O2/c1-3-4-5-14-11-10(12(16)17)6-9(7-13)8(2)15-11/h6H,3-5H2,1-2H3,(H,14,15)(H,16,17). The molecule has 2 N–H and O–H groups in total. The summed E-state index contributed by atoms with van der Waals surface area (Å²) in [6, 6.07) is 3.29. The molecule has 0 amide bonds. The first kappa shape index (κ1) is 13.0. The van der Waals surface area contributed by atoms with Gasteiger partial charge in [0.25, 0.3) is 0 Å². The fraction of sp³-hybridized carbons (Fsp3) is 0.417. The number of pyridine rings is 1. The summed E-state index contributed by atoms with van der Waals surface area (Å²) >= 11 is 0. The molecule has 0 unspecified atom stereocenters. The third-order valence-electron chi connectivity index (χ3n) is 2.39. The van der Waals surface area contributed by atoms with Crippen LogP contribution in [0.4, 0.5) is 5.82 Å². The van der Waals surface area contributed by atoms with Crippen LogP contribution in [0.3, 0.4) is 0 Å². The zero-order valence-corrected chi connectivity index (χ0v) is 9.95. The molecule has 0 radical (unpaired) electrons. The van der Waals surface area contributed by atoms with Gasteiger partial charge in [-0.3, -0.25) is 0 Å². The minimum absolute atomic E-state index is 0.0447. The van der Waals surface area contributed by atoms with Gasteiger partial charge in [0.1, 0.15) is 17.5 Å². The Hall–Kier alpha value is -2.09. The molecule has 0 aliphatic rings. The minimum Gasteiger partial charge on any atom is -0.478 e. The number of rotatable bonds is 5. The monoisotopic (exact) mass is 233 g/mol. The molecular weight excluding hydrogens is 218 g/mol. The van der Waals surface area contributed by atoms with Crippen molar-refractivity contribution >= 4 is 11.8 Å². The van der Waals surface area contributed by atoms with Gasteiger partial charge in [-0.1, -0.05) is 13.3 Å². The fourth-order valence-electron chi connectivity index (χ4n) is 1.40. The normalized spacial score (nSPS) is 9.71. The molecule has 0 spiro atoms. The average Bonchev–Trinajstić information content (AvgIpc) is 2.29. The van der Waals surface area contributed by atoms with Crippen LogP contribution in [0.2, 0.25) is 0 Å². The first-order chi connectivity index (χ1) is 8.10. The molecule has 1 aromatic heterocycles. The van der Waals surface area contributed by atoms with Crippen molar-refractivity contribution in [2.24, 2.45) is 0 Å². The van der Waals surface area contributed by atoms with Crippen molar-refractivity contribution in [2.75, 3.05) is 11.9 Å². The van der Waals surface area contributed by atoms with Crippen LogP contribution in [-0.4, -0.2) is 22.6 Å². The number of anilines is 1. The fourth-order valence-corrected chi connectivity index (χ4v) is 1.40. The maximum atomic E-state index is 11.0. The van der Waals surface area contributed by atoms with Crippen LogP contribution in [0.15, 0.2) is 6.07 Å². The van der Waals surface area contributed by atoms with Crippen molar-refractivity contribution in [2.45, 2.75) is 26.7 Å². The maximum Gasteiger partial charge on any atom is 0.339 e. The Kier molecular flexibility index (Phi) is 4.46. The topological polar surface area (TPSA) is 86.0 Å². The van der Waals surface area contributed by atoms with E-state index in [1.807, 2.05) is 6.07 Å². The van der Waals surface area contributed by atoms with Crippen LogP contribution < -0.4 is 5.32 Å². The molecule has 0 fully saturated rings. The van der Waals surface area contributed by atoms with Gasteiger partial charge in [-0.25, -0.2) is 9.78 Å². The van der Waals surface area contributed by atoms with E-state index in [2.05, 4.69) is 17.2 Å². The second-order valence-electron chi connectivity index (χ2n) is 3.71. The van der Waals surface area contributed by atoms with Crippen LogP contribution in [0.5, 0.6) is 0 Å². The zero-order chi connectivity index (χ0) is 12.8. The van der Waals surface area contributed by atoms with Crippen molar-refractivity contribution in [1.29, 1.82) is 5.26 Å². The maximum absolute atomic E-state index is 11.0. The summed E-state index contributed by atoms with van der Waals surface area (Å²) in [4.78, 5) is 15.2. The molecule has 1 heterocycles. The van der Waals surface area contributed by atoms with Crippen molar-refractivity contribution in [1.82, 2.24) is 4.98 Å². The van der Waals surface area contributed by atoms with Gasteiger partial charge in [-0.05, 0) is 19.4 Å². The van der Waals surface area contributed by atoms with Crippen LogP contribution >= 0.6 is 0 Å². The first-order valence-corrected chi connectivity index (χ1v) is 5.49. The summed E-state index contributed by atoms with van der Waals surface area (Å²) in [7, 11) is 0. The third-order valence-corrected chi connectivity index (χ3v) is 2.39. The summed E-state index contributed by atoms with van der Waals surface area (Å²) in [6.45, 7) is 4.42. The van der Waals surface area contributed by atoms with Gasteiger partial charge >= 0.3 is 5.97 Å². The average molecular weight is 233 g/mol.